The number of fused-ring (bicyclic) bond motifs is 1. The molecule has 25 heavy (non-hydrogen) atoms. The van der Waals surface area contributed by atoms with E-state index in [2.05, 4.69) is 10.3 Å². The molecule has 2 rings (SSSR count). The van der Waals surface area contributed by atoms with Crippen LogP contribution in [0.15, 0.2) is 12.1 Å². The number of alkyl halides is 2. The monoisotopic (exact) mass is 377 g/mol. The Morgan fingerprint density at radius 1 is 1.36 bits per heavy atom. The molecule has 2 aromatic rings. The lowest BCUT2D eigenvalue weighted by atomic mass is 10.0. The number of benzene rings is 1. The van der Waals surface area contributed by atoms with E-state index in [4.69, 9.17) is 11.6 Å². The Morgan fingerprint density at radius 2 is 1.96 bits per heavy atom. The number of aromatic nitrogens is 2. The van der Waals surface area contributed by atoms with Crippen LogP contribution >= 0.6 is 11.6 Å². The zero-order valence-corrected chi connectivity index (χ0v) is 15.0. The Hall–Kier alpha value is -1.80. The molecule has 0 aliphatic heterocycles. The van der Waals surface area contributed by atoms with E-state index in [0.29, 0.717) is 5.52 Å². The first-order valence-corrected chi connectivity index (χ1v) is 7.89. The summed E-state index contributed by atoms with van der Waals surface area (Å²) in [6.45, 7) is 6.36. The molecule has 0 saturated carbocycles. The number of nitrogens with one attached hydrogen (secondary N) is 1. The summed E-state index contributed by atoms with van der Waals surface area (Å²) in [6, 6.07) is 2.51. The quantitative estimate of drug-likeness (QED) is 0.848. The zero-order chi connectivity index (χ0) is 19.2. The summed E-state index contributed by atoms with van der Waals surface area (Å²) in [6.07, 6.45) is -3.89. The number of halogens is 4. The van der Waals surface area contributed by atoms with Crippen LogP contribution in [0, 0.1) is 5.82 Å². The second-order valence-corrected chi connectivity index (χ2v) is 7.49. The van der Waals surface area contributed by atoms with Gasteiger partial charge in [-0.25, -0.2) is 18.2 Å². The SMILES string of the molecule is CC(O)(CC(=O)Nc1nc2cc(F)c(Cl)cc2n1C(C)(C)C)C(F)F. The van der Waals surface area contributed by atoms with Crippen molar-refractivity contribution in [2.24, 2.45) is 0 Å². The Morgan fingerprint density at radius 3 is 2.48 bits per heavy atom. The van der Waals surface area contributed by atoms with Gasteiger partial charge in [-0.15, -0.1) is 0 Å². The fourth-order valence-electron chi connectivity index (χ4n) is 2.41. The number of hydrogen-bond acceptors (Lipinski definition) is 3. The number of anilines is 1. The highest BCUT2D eigenvalue weighted by Gasteiger charge is 2.35. The molecule has 0 aliphatic rings. The first kappa shape index (κ1) is 19.5. The van der Waals surface area contributed by atoms with Gasteiger partial charge in [0.2, 0.25) is 11.9 Å². The number of carbonyl (C=O) groups is 1. The van der Waals surface area contributed by atoms with Crippen LogP contribution in [0.2, 0.25) is 5.02 Å². The van der Waals surface area contributed by atoms with Gasteiger partial charge in [-0.1, -0.05) is 11.6 Å². The van der Waals surface area contributed by atoms with Gasteiger partial charge in [0.15, 0.2) is 0 Å². The first-order valence-electron chi connectivity index (χ1n) is 7.51. The lowest BCUT2D eigenvalue weighted by Gasteiger charge is -2.25. The van der Waals surface area contributed by atoms with Gasteiger partial charge in [0.25, 0.3) is 6.43 Å². The summed E-state index contributed by atoms with van der Waals surface area (Å²) in [5.74, 6) is -1.44. The fourth-order valence-corrected chi connectivity index (χ4v) is 2.56. The maximum atomic E-state index is 13.7. The molecule has 0 fully saturated rings. The third-order valence-corrected chi connectivity index (χ3v) is 3.90. The van der Waals surface area contributed by atoms with Gasteiger partial charge < -0.3 is 9.67 Å². The number of aliphatic hydroxyl groups is 1. The van der Waals surface area contributed by atoms with Crippen LogP contribution in [0.3, 0.4) is 0 Å². The minimum absolute atomic E-state index is 0.0548. The van der Waals surface area contributed by atoms with Crippen LogP contribution < -0.4 is 5.32 Å². The van der Waals surface area contributed by atoms with E-state index in [1.54, 1.807) is 4.57 Å². The van der Waals surface area contributed by atoms with E-state index in [9.17, 15) is 23.1 Å². The molecule has 9 heteroatoms. The van der Waals surface area contributed by atoms with Crippen molar-refractivity contribution in [2.75, 3.05) is 5.32 Å². The van der Waals surface area contributed by atoms with Crippen molar-refractivity contribution in [2.45, 2.75) is 51.7 Å². The summed E-state index contributed by atoms with van der Waals surface area (Å²) in [5.41, 5.74) is -2.29. The summed E-state index contributed by atoms with van der Waals surface area (Å²) >= 11 is 5.83. The van der Waals surface area contributed by atoms with Crippen LogP contribution in [0.25, 0.3) is 11.0 Å². The predicted molar refractivity (Wildman–Crippen MR) is 89.6 cm³/mol. The van der Waals surface area contributed by atoms with Crippen molar-refractivity contribution in [1.29, 1.82) is 0 Å². The second-order valence-electron chi connectivity index (χ2n) is 7.08. The molecule has 0 bridgehead atoms. The van der Waals surface area contributed by atoms with E-state index in [-0.39, 0.29) is 16.5 Å². The number of nitrogens with zero attached hydrogens (tertiary/aromatic N) is 2. The van der Waals surface area contributed by atoms with Gasteiger partial charge in [0.1, 0.15) is 11.4 Å². The molecule has 138 valence electrons. The molecule has 0 aliphatic carbocycles. The van der Waals surface area contributed by atoms with Gasteiger partial charge >= 0.3 is 0 Å². The zero-order valence-electron chi connectivity index (χ0n) is 14.2. The first-order chi connectivity index (χ1) is 11.3. The van der Waals surface area contributed by atoms with Crippen LogP contribution in [0.1, 0.15) is 34.1 Å². The lowest BCUT2D eigenvalue weighted by Crippen LogP contribution is -2.38. The van der Waals surface area contributed by atoms with Gasteiger partial charge in [-0.3, -0.25) is 10.1 Å². The Bertz CT molecular complexity index is 813. The van der Waals surface area contributed by atoms with Crippen LogP contribution in [-0.4, -0.2) is 32.6 Å². The summed E-state index contributed by atoms with van der Waals surface area (Å²) < 4.78 is 40.7. The minimum atomic E-state index is -3.08. The van der Waals surface area contributed by atoms with Crippen molar-refractivity contribution < 1.29 is 23.1 Å². The molecular formula is C16H19ClF3N3O2. The van der Waals surface area contributed by atoms with Crippen LogP contribution in [0.5, 0.6) is 0 Å². The Labute approximate surface area is 147 Å². The Balaban J connectivity index is 2.46. The summed E-state index contributed by atoms with van der Waals surface area (Å²) in [7, 11) is 0. The molecule has 1 heterocycles. The highest BCUT2D eigenvalue weighted by atomic mass is 35.5. The standard InChI is InChI=1S/C16H19ClF3N3O2/c1-15(2,3)23-11-5-8(17)9(18)6-10(11)21-14(23)22-12(24)7-16(4,25)13(19)20/h5-6,13,25H,7H2,1-4H3,(H,21,22,24). The molecule has 0 saturated heterocycles. The summed E-state index contributed by atoms with van der Waals surface area (Å²) in [4.78, 5) is 16.2. The van der Waals surface area contributed by atoms with Gasteiger partial charge in [0.05, 0.1) is 22.5 Å². The van der Waals surface area contributed by atoms with Crippen molar-refractivity contribution in [1.82, 2.24) is 9.55 Å². The van der Waals surface area contributed by atoms with Crippen LogP contribution in [-0.2, 0) is 10.3 Å². The van der Waals surface area contributed by atoms with E-state index in [0.717, 1.165) is 13.0 Å². The van der Waals surface area contributed by atoms with E-state index in [1.165, 1.54) is 6.07 Å². The number of imidazole rings is 1. The molecule has 0 spiro atoms. The lowest BCUT2D eigenvalue weighted by molar-refractivity contribution is -0.130. The highest BCUT2D eigenvalue weighted by Crippen LogP contribution is 2.31. The van der Waals surface area contributed by atoms with Crippen molar-refractivity contribution in [3.8, 4) is 0 Å². The largest absolute Gasteiger partial charge is 0.384 e. The van der Waals surface area contributed by atoms with Gasteiger partial charge in [-0.2, -0.15) is 0 Å². The van der Waals surface area contributed by atoms with E-state index < -0.39 is 35.7 Å². The molecule has 1 aromatic heterocycles. The second kappa shape index (κ2) is 6.49. The molecule has 2 N–H and O–H groups in total. The number of rotatable bonds is 4. The molecule has 1 unspecified atom stereocenters. The van der Waals surface area contributed by atoms with Crippen LogP contribution in [0.4, 0.5) is 19.1 Å². The molecule has 1 atom stereocenters. The normalized spacial score (nSPS) is 14.8. The topological polar surface area (TPSA) is 67.2 Å². The van der Waals surface area contributed by atoms with E-state index >= 15 is 0 Å². The minimum Gasteiger partial charge on any atom is -0.384 e. The average Bonchev–Trinajstić information content (AvgIpc) is 2.74. The molecule has 5 nitrogen and oxygen atoms in total. The molecule has 0 radical (unpaired) electrons. The molecular weight excluding hydrogens is 359 g/mol. The maximum Gasteiger partial charge on any atom is 0.267 e. The number of amides is 1. The molecule has 1 aromatic carbocycles. The third-order valence-electron chi connectivity index (χ3n) is 3.61. The van der Waals surface area contributed by atoms with Gasteiger partial charge in [-0.05, 0) is 33.8 Å². The predicted octanol–water partition coefficient (Wildman–Crippen LogP) is 3.93. The van der Waals surface area contributed by atoms with Crippen molar-refractivity contribution in [3.05, 3.63) is 23.0 Å². The number of carbonyl (C=O) groups excluding carboxylic acids is 1. The average molecular weight is 378 g/mol. The van der Waals surface area contributed by atoms with Crippen molar-refractivity contribution >= 4 is 34.5 Å². The summed E-state index contributed by atoms with van der Waals surface area (Å²) in [5, 5.41) is 11.9. The highest BCUT2D eigenvalue weighted by molar-refractivity contribution is 6.31. The molecule has 1 amide bonds. The third kappa shape index (κ3) is 4.07. The van der Waals surface area contributed by atoms with Gasteiger partial charge in [0, 0.05) is 11.6 Å². The number of hydrogen-bond donors (Lipinski definition) is 2. The Kier molecular flexibility index (Phi) is 5.07. The maximum absolute atomic E-state index is 13.7. The fraction of sp³-hybridized carbons (Fsp3) is 0.500. The smallest absolute Gasteiger partial charge is 0.267 e. The van der Waals surface area contributed by atoms with Crippen molar-refractivity contribution in [3.63, 3.8) is 0 Å². The van der Waals surface area contributed by atoms with E-state index in [1.807, 2.05) is 20.8 Å².